The second kappa shape index (κ2) is 5.93. The summed E-state index contributed by atoms with van der Waals surface area (Å²) in [5.74, 6) is 1.57. The first kappa shape index (κ1) is 13.6. The summed E-state index contributed by atoms with van der Waals surface area (Å²) in [7, 11) is 0. The maximum absolute atomic E-state index is 13.4. The molecule has 4 nitrogen and oxygen atoms in total. The molecule has 0 amide bonds. The molecule has 0 bridgehead atoms. The minimum atomic E-state index is -0.387. The summed E-state index contributed by atoms with van der Waals surface area (Å²) in [4.78, 5) is 4.79. The summed E-state index contributed by atoms with van der Waals surface area (Å²) in [6.07, 6.45) is 2.17. The van der Waals surface area contributed by atoms with Crippen molar-refractivity contribution in [2.24, 2.45) is 5.92 Å². The molecule has 0 spiro atoms. The monoisotopic (exact) mass is 294 g/mol. The molecule has 1 aromatic heterocycles. The van der Waals surface area contributed by atoms with Crippen molar-refractivity contribution >= 4 is 11.8 Å². The topological polar surface area (TPSA) is 59.2 Å². The minimum Gasteiger partial charge on any atom is -0.392 e. The molecule has 1 aliphatic rings. The van der Waals surface area contributed by atoms with Gasteiger partial charge in [-0.05, 0) is 30.9 Å². The summed E-state index contributed by atoms with van der Waals surface area (Å²) in [5.41, 5.74) is 0. The van der Waals surface area contributed by atoms with E-state index in [1.54, 1.807) is 18.2 Å². The summed E-state index contributed by atoms with van der Waals surface area (Å²) >= 11 is 1.33. The highest BCUT2D eigenvalue weighted by Gasteiger charge is 2.31. The highest BCUT2D eigenvalue weighted by molar-refractivity contribution is 7.98. The van der Waals surface area contributed by atoms with E-state index in [1.807, 2.05) is 0 Å². The number of aliphatic hydroxyl groups is 1. The van der Waals surface area contributed by atoms with E-state index in [2.05, 4.69) is 10.1 Å². The Morgan fingerprint density at radius 3 is 2.95 bits per heavy atom. The molecule has 0 radical (unpaired) electrons. The Hall–Kier alpha value is -1.40. The van der Waals surface area contributed by atoms with Crippen molar-refractivity contribution in [3.8, 4) is 0 Å². The fourth-order valence-electron chi connectivity index (χ4n) is 1.96. The predicted molar refractivity (Wildman–Crippen MR) is 72.7 cm³/mol. The fraction of sp³-hybridized carbons (Fsp3) is 0.429. The first-order valence-electron chi connectivity index (χ1n) is 6.59. The molecule has 1 aromatic carbocycles. The van der Waals surface area contributed by atoms with Crippen molar-refractivity contribution in [3.05, 3.63) is 41.8 Å². The standard InChI is InChI=1S/C14H15FN2O2S/c15-10-3-1-2-4-12(10)20-8-13-16-14(19-17-13)7-11(18)9-5-6-9/h1-4,9,11,18H,5-8H2. The number of thioether (sulfide) groups is 1. The number of hydrogen-bond acceptors (Lipinski definition) is 5. The average Bonchev–Trinajstić information content (AvgIpc) is 3.20. The van der Waals surface area contributed by atoms with Crippen LogP contribution >= 0.6 is 11.8 Å². The van der Waals surface area contributed by atoms with Crippen LogP contribution in [0.4, 0.5) is 4.39 Å². The van der Waals surface area contributed by atoms with Crippen LogP contribution in [0, 0.1) is 11.7 Å². The zero-order chi connectivity index (χ0) is 13.9. The van der Waals surface area contributed by atoms with E-state index in [-0.39, 0.29) is 11.9 Å². The summed E-state index contributed by atoms with van der Waals surface area (Å²) in [6.45, 7) is 0. The van der Waals surface area contributed by atoms with Gasteiger partial charge in [0, 0.05) is 4.90 Å². The molecule has 1 heterocycles. The van der Waals surface area contributed by atoms with Crippen LogP contribution in [0.5, 0.6) is 0 Å². The predicted octanol–water partition coefficient (Wildman–Crippen LogP) is 2.81. The maximum Gasteiger partial charge on any atom is 0.229 e. The van der Waals surface area contributed by atoms with Gasteiger partial charge in [-0.15, -0.1) is 11.8 Å². The number of aromatic nitrogens is 2. The van der Waals surface area contributed by atoms with Crippen molar-refractivity contribution in [3.63, 3.8) is 0 Å². The molecule has 2 aromatic rings. The molecule has 1 unspecified atom stereocenters. The lowest BCUT2D eigenvalue weighted by molar-refractivity contribution is 0.140. The molecular formula is C14H15FN2O2S. The van der Waals surface area contributed by atoms with E-state index < -0.39 is 0 Å². The first-order valence-corrected chi connectivity index (χ1v) is 7.58. The highest BCUT2D eigenvalue weighted by Crippen LogP contribution is 2.33. The normalized spacial score (nSPS) is 16.3. The Labute approximate surface area is 120 Å². The first-order chi connectivity index (χ1) is 9.72. The van der Waals surface area contributed by atoms with Crippen molar-refractivity contribution in [2.45, 2.75) is 36.0 Å². The quantitative estimate of drug-likeness (QED) is 0.830. The molecule has 1 N–H and O–H groups in total. The number of benzene rings is 1. The molecule has 6 heteroatoms. The third-order valence-electron chi connectivity index (χ3n) is 3.25. The van der Waals surface area contributed by atoms with E-state index in [0.717, 1.165) is 12.8 Å². The molecule has 1 aliphatic carbocycles. The highest BCUT2D eigenvalue weighted by atomic mass is 32.2. The Morgan fingerprint density at radius 1 is 1.40 bits per heavy atom. The van der Waals surface area contributed by atoms with Gasteiger partial charge >= 0.3 is 0 Å². The summed E-state index contributed by atoms with van der Waals surface area (Å²) in [6, 6.07) is 6.60. The van der Waals surface area contributed by atoms with Crippen molar-refractivity contribution in [2.75, 3.05) is 0 Å². The lowest BCUT2D eigenvalue weighted by atomic mass is 10.2. The smallest absolute Gasteiger partial charge is 0.229 e. The van der Waals surface area contributed by atoms with Crippen LogP contribution in [0.3, 0.4) is 0 Å². The summed E-state index contributed by atoms with van der Waals surface area (Å²) < 4.78 is 18.6. The van der Waals surface area contributed by atoms with Crippen molar-refractivity contribution in [1.29, 1.82) is 0 Å². The van der Waals surface area contributed by atoms with E-state index in [4.69, 9.17) is 4.52 Å². The van der Waals surface area contributed by atoms with Crippen LogP contribution in [0.1, 0.15) is 24.6 Å². The molecule has 20 heavy (non-hydrogen) atoms. The largest absolute Gasteiger partial charge is 0.392 e. The van der Waals surface area contributed by atoms with Crippen molar-refractivity contribution in [1.82, 2.24) is 10.1 Å². The molecule has 106 valence electrons. The van der Waals surface area contributed by atoms with Gasteiger partial charge in [0.25, 0.3) is 0 Å². The Bertz CT molecular complexity index is 586. The Kier molecular flexibility index (Phi) is 4.03. The van der Waals surface area contributed by atoms with Crippen LogP contribution in [-0.4, -0.2) is 21.4 Å². The van der Waals surface area contributed by atoms with Gasteiger partial charge in [-0.2, -0.15) is 4.98 Å². The van der Waals surface area contributed by atoms with Gasteiger partial charge < -0.3 is 9.63 Å². The van der Waals surface area contributed by atoms with Crippen LogP contribution in [0.2, 0.25) is 0 Å². The maximum atomic E-state index is 13.4. The van der Waals surface area contributed by atoms with E-state index in [9.17, 15) is 9.50 Å². The van der Waals surface area contributed by atoms with Crippen molar-refractivity contribution < 1.29 is 14.0 Å². The van der Waals surface area contributed by atoms with E-state index in [1.165, 1.54) is 17.8 Å². The lowest BCUT2D eigenvalue weighted by Gasteiger charge is -2.03. The van der Waals surface area contributed by atoms with Crippen LogP contribution in [0.15, 0.2) is 33.7 Å². The molecule has 0 saturated heterocycles. The third kappa shape index (κ3) is 3.37. The van der Waals surface area contributed by atoms with Crippen LogP contribution in [-0.2, 0) is 12.2 Å². The second-order valence-electron chi connectivity index (χ2n) is 4.93. The second-order valence-corrected chi connectivity index (χ2v) is 5.95. The molecular weight excluding hydrogens is 279 g/mol. The minimum absolute atomic E-state index is 0.245. The van der Waals surface area contributed by atoms with E-state index >= 15 is 0 Å². The number of hydrogen-bond donors (Lipinski definition) is 1. The van der Waals surface area contributed by atoms with Gasteiger partial charge in [0.1, 0.15) is 5.82 Å². The SMILES string of the molecule is OC(Cc1nc(CSc2ccccc2F)no1)C1CC1. The van der Waals surface area contributed by atoms with Gasteiger partial charge in [-0.1, -0.05) is 17.3 Å². The molecule has 1 saturated carbocycles. The zero-order valence-corrected chi connectivity index (χ0v) is 11.6. The third-order valence-corrected chi connectivity index (χ3v) is 4.30. The van der Waals surface area contributed by atoms with E-state index in [0.29, 0.717) is 34.7 Å². The lowest BCUT2D eigenvalue weighted by Crippen LogP contribution is -2.12. The zero-order valence-electron chi connectivity index (χ0n) is 10.8. The van der Waals surface area contributed by atoms with Gasteiger partial charge in [0.15, 0.2) is 5.82 Å². The van der Waals surface area contributed by atoms with Gasteiger partial charge in [-0.3, -0.25) is 0 Å². The van der Waals surface area contributed by atoms with Gasteiger partial charge in [0.2, 0.25) is 5.89 Å². The Balaban J connectivity index is 1.55. The number of halogens is 1. The molecule has 0 aliphatic heterocycles. The molecule has 1 fully saturated rings. The molecule has 3 rings (SSSR count). The summed E-state index contributed by atoms with van der Waals surface area (Å²) in [5, 5.41) is 13.7. The number of aliphatic hydroxyl groups excluding tert-OH is 1. The van der Waals surface area contributed by atoms with Crippen LogP contribution < -0.4 is 0 Å². The van der Waals surface area contributed by atoms with Crippen LogP contribution in [0.25, 0.3) is 0 Å². The average molecular weight is 294 g/mol. The molecule has 1 atom stereocenters. The fourth-order valence-corrected chi connectivity index (χ4v) is 2.74. The number of nitrogens with zero attached hydrogens (tertiary/aromatic N) is 2. The number of rotatable bonds is 6. The van der Waals surface area contributed by atoms with Gasteiger partial charge in [0.05, 0.1) is 18.3 Å². The van der Waals surface area contributed by atoms with Gasteiger partial charge in [-0.25, -0.2) is 4.39 Å². The Morgan fingerprint density at radius 2 is 2.20 bits per heavy atom.